The van der Waals surface area contributed by atoms with Crippen molar-refractivity contribution in [1.82, 2.24) is 14.6 Å². The van der Waals surface area contributed by atoms with E-state index in [4.69, 9.17) is 0 Å². The summed E-state index contributed by atoms with van der Waals surface area (Å²) in [6.45, 7) is 5.96. The first kappa shape index (κ1) is 12.4. The average molecular weight is 265 g/mol. The molecule has 100 valence electrons. The summed E-state index contributed by atoms with van der Waals surface area (Å²) in [5, 5.41) is 14.5. The molecule has 20 heavy (non-hydrogen) atoms. The van der Waals surface area contributed by atoms with Gasteiger partial charge in [0.25, 0.3) is 0 Å². The predicted molar refractivity (Wildman–Crippen MR) is 78.8 cm³/mol. The van der Waals surface area contributed by atoms with Crippen molar-refractivity contribution in [3.05, 3.63) is 36.0 Å². The van der Waals surface area contributed by atoms with E-state index in [1.165, 1.54) is 0 Å². The molecule has 3 rings (SSSR count). The van der Waals surface area contributed by atoms with Gasteiger partial charge in [-0.3, -0.25) is 0 Å². The lowest BCUT2D eigenvalue weighted by atomic mass is 10.2. The average Bonchev–Trinajstić information content (AvgIpc) is 2.91. The molecular weight excluding hydrogens is 250 g/mol. The largest absolute Gasteiger partial charge is 0.357 e. The number of rotatable bonds is 3. The molecule has 0 aliphatic rings. The van der Waals surface area contributed by atoms with Crippen LogP contribution in [0.4, 0.5) is 5.82 Å². The van der Waals surface area contributed by atoms with E-state index >= 15 is 0 Å². The van der Waals surface area contributed by atoms with E-state index in [1.54, 1.807) is 10.7 Å². The third kappa shape index (κ3) is 1.69. The highest BCUT2D eigenvalue weighted by atomic mass is 15.3. The number of hydrogen-bond acceptors (Lipinski definition) is 4. The molecule has 0 atom stereocenters. The summed E-state index contributed by atoms with van der Waals surface area (Å²) < 4.78 is 1.74. The molecule has 0 amide bonds. The van der Waals surface area contributed by atoms with Crippen molar-refractivity contribution >= 4 is 22.4 Å². The number of fused-ring (bicyclic) bond motifs is 3. The zero-order valence-corrected chi connectivity index (χ0v) is 11.5. The molecule has 0 unspecified atom stereocenters. The van der Waals surface area contributed by atoms with Crippen LogP contribution >= 0.6 is 0 Å². The fraction of sp³-hybridized carbons (Fsp3) is 0.267. The highest BCUT2D eigenvalue weighted by molar-refractivity contribution is 5.92. The molecule has 1 aromatic carbocycles. The van der Waals surface area contributed by atoms with Gasteiger partial charge in [0.1, 0.15) is 17.5 Å². The van der Waals surface area contributed by atoms with Gasteiger partial charge in [0.05, 0.1) is 11.7 Å². The zero-order valence-electron chi connectivity index (χ0n) is 11.5. The molecule has 2 aromatic heterocycles. The van der Waals surface area contributed by atoms with Crippen LogP contribution in [0.15, 0.2) is 30.5 Å². The van der Waals surface area contributed by atoms with Crippen molar-refractivity contribution in [2.45, 2.75) is 13.8 Å². The lowest BCUT2D eigenvalue weighted by molar-refractivity contribution is 0.848. The van der Waals surface area contributed by atoms with Crippen LogP contribution in [-0.4, -0.2) is 27.7 Å². The third-order valence-corrected chi connectivity index (χ3v) is 3.51. The first-order valence-corrected chi connectivity index (χ1v) is 6.71. The van der Waals surface area contributed by atoms with Gasteiger partial charge in [-0.25, -0.2) is 9.50 Å². The Morgan fingerprint density at radius 2 is 2.00 bits per heavy atom. The minimum absolute atomic E-state index is 0.504. The highest BCUT2D eigenvalue weighted by Gasteiger charge is 2.15. The van der Waals surface area contributed by atoms with Crippen LogP contribution in [0.2, 0.25) is 0 Å². The van der Waals surface area contributed by atoms with E-state index in [1.807, 2.05) is 24.3 Å². The van der Waals surface area contributed by atoms with Gasteiger partial charge in [-0.15, -0.1) is 0 Å². The van der Waals surface area contributed by atoms with Gasteiger partial charge in [-0.2, -0.15) is 10.4 Å². The van der Waals surface area contributed by atoms with E-state index in [0.717, 1.165) is 29.8 Å². The second kappa shape index (κ2) is 4.82. The summed E-state index contributed by atoms with van der Waals surface area (Å²) in [5.41, 5.74) is 2.10. The minimum Gasteiger partial charge on any atom is -0.357 e. The van der Waals surface area contributed by atoms with Crippen LogP contribution in [0.3, 0.4) is 0 Å². The van der Waals surface area contributed by atoms with Gasteiger partial charge in [0.2, 0.25) is 0 Å². The number of aromatic nitrogens is 3. The van der Waals surface area contributed by atoms with Crippen LogP contribution in [-0.2, 0) is 0 Å². The van der Waals surface area contributed by atoms with E-state index in [0.29, 0.717) is 11.2 Å². The lowest BCUT2D eigenvalue weighted by Crippen LogP contribution is -2.23. The van der Waals surface area contributed by atoms with E-state index < -0.39 is 0 Å². The number of anilines is 1. The van der Waals surface area contributed by atoms with Gasteiger partial charge in [0.15, 0.2) is 5.65 Å². The fourth-order valence-corrected chi connectivity index (χ4v) is 2.48. The second-order valence-electron chi connectivity index (χ2n) is 4.53. The Balaban J connectivity index is 2.45. The molecule has 0 spiro atoms. The van der Waals surface area contributed by atoms with Crippen LogP contribution < -0.4 is 4.90 Å². The molecule has 5 nitrogen and oxygen atoms in total. The van der Waals surface area contributed by atoms with Crippen molar-refractivity contribution in [2.75, 3.05) is 18.0 Å². The minimum atomic E-state index is 0.504. The van der Waals surface area contributed by atoms with Crippen molar-refractivity contribution in [2.24, 2.45) is 0 Å². The zero-order chi connectivity index (χ0) is 14.1. The first-order chi connectivity index (χ1) is 9.80. The Morgan fingerprint density at radius 3 is 2.70 bits per heavy atom. The van der Waals surface area contributed by atoms with Crippen LogP contribution in [0.25, 0.3) is 16.6 Å². The van der Waals surface area contributed by atoms with Gasteiger partial charge >= 0.3 is 0 Å². The van der Waals surface area contributed by atoms with Crippen LogP contribution in [0.5, 0.6) is 0 Å². The molecule has 0 radical (unpaired) electrons. The van der Waals surface area contributed by atoms with Crippen LogP contribution in [0.1, 0.15) is 19.4 Å². The molecule has 0 bridgehead atoms. The summed E-state index contributed by atoms with van der Waals surface area (Å²) in [4.78, 5) is 6.87. The molecule has 0 N–H and O–H groups in total. The van der Waals surface area contributed by atoms with Crippen molar-refractivity contribution in [3.8, 4) is 6.07 Å². The molecule has 0 fully saturated rings. The Hall–Kier alpha value is -2.61. The molecule has 2 heterocycles. The maximum absolute atomic E-state index is 9.18. The van der Waals surface area contributed by atoms with Crippen LogP contribution in [0, 0.1) is 11.3 Å². The van der Waals surface area contributed by atoms with Gasteiger partial charge in [0, 0.05) is 18.5 Å². The predicted octanol–water partition coefficient (Wildman–Crippen LogP) is 2.60. The summed E-state index contributed by atoms with van der Waals surface area (Å²) in [7, 11) is 0. The number of nitrogens with zero attached hydrogens (tertiary/aromatic N) is 5. The quantitative estimate of drug-likeness (QED) is 0.730. The number of benzene rings is 1. The third-order valence-electron chi connectivity index (χ3n) is 3.51. The fourth-order valence-electron chi connectivity index (χ4n) is 2.48. The number of para-hydroxylation sites is 1. The maximum atomic E-state index is 9.18. The van der Waals surface area contributed by atoms with Crippen molar-refractivity contribution in [1.29, 1.82) is 5.26 Å². The molecule has 0 saturated carbocycles. The van der Waals surface area contributed by atoms with Gasteiger partial charge in [-0.1, -0.05) is 12.1 Å². The number of hydrogen-bond donors (Lipinski definition) is 0. The van der Waals surface area contributed by atoms with E-state index in [9.17, 15) is 5.26 Å². The standard InChI is InChI=1S/C15H15N5/c1-3-19(4-2)15-12-7-5-6-8-13(12)20-14(18-15)11(9-16)10-17-20/h5-8,10H,3-4H2,1-2H3. The Kier molecular flexibility index (Phi) is 2.99. The highest BCUT2D eigenvalue weighted by Crippen LogP contribution is 2.26. The lowest BCUT2D eigenvalue weighted by Gasteiger charge is -2.21. The Labute approximate surface area is 117 Å². The SMILES string of the molecule is CCN(CC)c1nc2c(C#N)cnn2c2ccccc12. The summed E-state index contributed by atoms with van der Waals surface area (Å²) in [6, 6.07) is 10.2. The first-order valence-electron chi connectivity index (χ1n) is 6.71. The Morgan fingerprint density at radius 1 is 1.25 bits per heavy atom. The molecular formula is C15H15N5. The number of nitriles is 1. The van der Waals surface area contributed by atoms with Crippen molar-refractivity contribution < 1.29 is 0 Å². The smallest absolute Gasteiger partial charge is 0.175 e. The monoisotopic (exact) mass is 265 g/mol. The topological polar surface area (TPSA) is 57.2 Å². The van der Waals surface area contributed by atoms with E-state index in [2.05, 4.69) is 34.9 Å². The molecule has 0 aliphatic carbocycles. The normalized spacial score (nSPS) is 10.8. The summed E-state index contributed by atoms with van der Waals surface area (Å²) in [6.07, 6.45) is 1.57. The van der Waals surface area contributed by atoms with Gasteiger partial charge < -0.3 is 4.90 Å². The molecule has 5 heteroatoms. The molecule has 0 aliphatic heterocycles. The second-order valence-corrected chi connectivity index (χ2v) is 4.53. The Bertz CT molecular complexity index is 808. The summed E-state index contributed by atoms with van der Waals surface area (Å²) >= 11 is 0. The summed E-state index contributed by atoms with van der Waals surface area (Å²) in [5.74, 6) is 0.912. The van der Waals surface area contributed by atoms with Crippen molar-refractivity contribution in [3.63, 3.8) is 0 Å². The van der Waals surface area contributed by atoms with Gasteiger partial charge in [-0.05, 0) is 26.0 Å². The molecule has 3 aromatic rings. The molecule has 0 saturated heterocycles. The maximum Gasteiger partial charge on any atom is 0.175 e. The van der Waals surface area contributed by atoms with E-state index in [-0.39, 0.29) is 0 Å².